The molecule has 6 aromatic carbocycles. The quantitative estimate of drug-likeness (QED) is 0.209. The highest BCUT2D eigenvalue weighted by Gasteiger charge is 2.16. The molecule has 0 spiro atoms. The molecule has 0 atom stereocenters. The largest absolute Gasteiger partial charge is 0.309 e. The molecule has 0 amide bonds. The van der Waals surface area contributed by atoms with Gasteiger partial charge in [-0.15, -0.1) is 22.7 Å². The fraction of sp³-hybridized carbons (Fsp3) is 0. The van der Waals surface area contributed by atoms with Crippen molar-refractivity contribution in [2.75, 3.05) is 0 Å². The lowest BCUT2D eigenvalue weighted by molar-refractivity contribution is 1.18. The number of fused-ring (bicyclic) bond motifs is 9. The maximum atomic E-state index is 2.42. The summed E-state index contributed by atoms with van der Waals surface area (Å²) in [6.45, 7) is 0. The van der Waals surface area contributed by atoms with Gasteiger partial charge in [-0.05, 0) is 71.8 Å². The molecule has 0 fully saturated rings. The minimum absolute atomic E-state index is 1.19. The molecule has 0 radical (unpaired) electrons. The summed E-state index contributed by atoms with van der Waals surface area (Å²) in [5, 5.41) is 7.95. The maximum absolute atomic E-state index is 2.42. The normalized spacial score (nSPS) is 12.1. The number of benzene rings is 6. The predicted octanol–water partition coefficient (Wildman–Crippen LogP) is 11.2. The van der Waals surface area contributed by atoms with E-state index in [0.717, 1.165) is 0 Å². The van der Waals surface area contributed by atoms with E-state index in [2.05, 4.69) is 132 Å². The monoisotopic (exact) mass is 531 g/mol. The van der Waals surface area contributed by atoms with E-state index in [9.17, 15) is 0 Å². The Balaban J connectivity index is 1.35. The van der Waals surface area contributed by atoms with Crippen LogP contribution in [0.2, 0.25) is 0 Å². The van der Waals surface area contributed by atoms with E-state index in [4.69, 9.17) is 0 Å². The lowest BCUT2D eigenvalue weighted by atomic mass is 10.0. The third-order valence-corrected chi connectivity index (χ3v) is 10.3. The van der Waals surface area contributed by atoms with E-state index in [1.807, 2.05) is 22.7 Å². The molecule has 1 nitrogen and oxygen atoms in total. The topological polar surface area (TPSA) is 4.93 Å². The van der Waals surface area contributed by atoms with Crippen molar-refractivity contribution in [1.82, 2.24) is 4.57 Å². The van der Waals surface area contributed by atoms with Crippen molar-refractivity contribution in [2.24, 2.45) is 0 Å². The summed E-state index contributed by atoms with van der Waals surface area (Å²) >= 11 is 3.75. The zero-order valence-electron chi connectivity index (χ0n) is 20.9. The molecule has 0 aliphatic rings. The predicted molar refractivity (Wildman–Crippen MR) is 172 cm³/mol. The summed E-state index contributed by atoms with van der Waals surface area (Å²) in [5.74, 6) is 0. The minimum Gasteiger partial charge on any atom is -0.309 e. The van der Waals surface area contributed by atoms with Crippen LogP contribution in [0.1, 0.15) is 0 Å². The van der Waals surface area contributed by atoms with Gasteiger partial charge in [-0.2, -0.15) is 0 Å². The van der Waals surface area contributed by atoms with Crippen molar-refractivity contribution >= 4 is 84.8 Å². The van der Waals surface area contributed by atoms with Gasteiger partial charge in [0.25, 0.3) is 0 Å². The number of hydrogen-bond acceptors (Lipinski definition) is 2. The van der Waals surface area contributed by atoms with Crippen molar-refractivity contribution in [1.29, 1.82) is 0 Å². The van der Waals surface area contributed by atoms with Gasteiger partial charge in [0.2, 0.25) is 0 Å². The molecule has 0 aliphatic heterocycles. The first-order valence-corrected chi connectivity index (χ1v) is 14.8. The highest BCUT2D eigenvalue weighted by atomic mass is 32.1. The van der Waals surface area contributed by atoms with Gasteiger partial charge in [-0.25, -0.2) is 0 Å². The summed E-state index contributed by atoms with van der Waals surface area (Å²) in [7, 11) is 0. The van der Waals surface area contributed by atoms with Gasteiger partial charge in [0.1, 0.15) is 0 Å². The van der Waals surface area contributed by atoms with Gasteiger partial charge in [0.15, 0.2) is 0 Å². The van der Waals surface area contributed by atoms with E-state index >= 15 is 0 Å². The van der Waals surface area contributed by atoms with Crippen LogP contribution in [0.5, 0.6) is 0 Å². The van der Waals surface area contributed by atoms with E-state index in [0.29, 0.717) is 0 Å². The zero-order chi connectivity index (χ0) is 25.5. The highest BCUT2D eigenvalue weighted by Crippen LogP contribution is 2.42. The fourth-order valence-electron chi connectivity index (χ4n) is 6.18. The van der Waals surface area contributed by atoms with Gasteiger partial charge in [-0.3, -0.25) is 0 Å². The minimum atomic E-state index is 1.19. The second kappa shape index (κ2) is 8.03. The van der Waals surface area contributed by atoms with Crippen molar-refractivity contribution in [3.8, 4) is 16.8 Å². The SMILES string of the molecule is c1ccc(-n2c3ccc(-c4ccc5sc6ccccc6c5c4)cc3c3cc4c(cc32)sc2ccccc24)cc1. The smallest absolute Gasteiger partial charge is 0.0555 e. The van der Waals surface area contributed by atoms with E-state index in [-0.39, 0.29) is 0 Å². The molecule has 3 heteroatoms. The molecule has 0 aliphatic carbocycles. The Morgan fingerprint density at radius 3 is 1.69 bits per heavy atom. The molecular formula is C36H21NS2. The molecular weight excluding hydrogens is 511 g/mol. The van der Waals surface area contributed by atoms with Gasteiger partial charge < -0.3 is 4.57 Å². The molecule has 3 heterocycles. The van der Waals surface area contributed by atoms with E-state index < -0.39 is 0 Å². The first-order valence-electron chi connectivity index (χ1n) is 13.2. The Bertz CT molecular complexity index is 2390. The van der Waals surface area contributed by atoms with E-state index in [1.54, 1.807) is 0 Å². The molecule has 0 bridgehead atoms. The molecule has 0 saturated heterocycles. The number of rotatable bonds is 2. The third kappa shape index (κ3) is 3.12. The maximum Gasteiger partial charge on any atom is 0.0555 e. The van der Waals surface area contributed by atoms with Gasteiger partial charge in [0.05, 0.1) is 11.0 Å². The Morgan fingerprint density at radius 2 is 0.923 bits per heavy atom. The summed E-state index contributed by atoms with van der Waals surface area (Å²) in [6.07, 6.45) is 0. The third-order valence-electron chi connectivity index (χ3n) is 7.99. The van der Waals surface area contributed by atoms with Crippen molar-refractivity contribution in [3.63, 3.8) is 0 Å². The average molecular weight is 532 g/mol. The number of nitrogens with zero attached hydrogens (tertiary/aromatic N) is 1. The molecule has 182 valence electrons. The van der Waals surface area contributed by atoms with Crippen LogP contribution < -0.4 is 0 Å². The summed E-state index contributed by atoms with van der Waals surface area (Å²) in [4.78, 5) is 0. The fourth-order valence-corrected chi connectivity index (χ4v) is 8.39. The standard InChI is InChI=1S/C36H21NS2/c1-2-8-24(9-3-1)37-31-16-14-22(23-15-17-35-29(19-23)25-10-4-6-12-33(25)38-35)18-27(31)28-20-30-26-11-5-7-13-34(26)39-36(30)21-32(28)37/h1-21H. The average Bonchev–Trinajstić information content (AvgIpc) is 3.64. The van der Waals surface area contributed by atoms with Crippen LogP contribution in [0.25, 0.3) is 79.0 Å². The van der Waals surface area contributed by atoms with Gasteiger partial charge >= 0.3 is 0 Å². The number of aromatic nitrogens is 1. The van der Waals surface area contributed by atoms with Gasteiger partial charge in [-0.1, -0.05) is 66.7 Å². The molecule has 0 N–H and O–H groups in total. The van der Waals surface area contributed by atoms with Crippen LogP contribution in [0, 0.1) is 0 Å². The van der Waals surface area contributed by atoms with Crippen LogP contribution >= 0.6 is 22.7 Å². The van der Waals surface area contributed by atoms with E-state index in [1.165, 1.54) is 79.0 Å². The lowest BCUT2D eigenvalue weighted by Crippen LogP contribution is -1.92. The summed E-state index contributed by atoms with van der Waals surface area (Å²) < 4.78 is 7.78. The Kier molecular flexibility index (Phi) is 4.43. The number of hydrogen-bond donors (Lipinski definition) is 0. The Labute approximate surface area is 232 Å². The molecule has 9 rings (SSSR count). The molecule has 9 aromatic rings. The summed E-state index contributed by atoms with van der Waals surface area (Å²) in [5.41, 5.74) is 6.20. The first-order chi connectivity index (χ1) is 19.3. The van der Waals surface area contributed by atoms with Crippen LogP contribution in [0.4, 0.5) is 0 Å². The van der Waals surface area contributed by atoms with Crippen molar-refractivity contribution < 1.29 is 0 Å². The van der Waals surface area contributed by atoms with Crippen LogP contribution in [0.15, 0.2) is 127 Å². The molecule has 0 unspecified atom stereocenters. The first kappa shape index (κ1) is 21.5. The zero-order valence-corrected chi connectivity index (χ0v) is 22.5. The molecule has 0 saturated carbocycles. The molecule has 3 aromatic heterocycles. The van der Waals surface area contributed by atoms with Crippen LogP contribution in [-0.2, 0) is 0 Å². The van der Waals surface area contributed by atoms with Crippen molar-refractivity contribution in [3.05, 3.63) is 127 Å². The number of para-hydroxylation sites is 1. The van der Waals surface area contributed by atoms with Crippen molar-refractivity contribution in [2.45, 2.75) is 0 Å². The number of thiophene rings is 2. The van der Waals surface area contributed by atoms with Crippen LogP contribution in [0.3, 0.4) is 0 Å². The van der Waals surface area contributed by atoms with Crippen LogP contribution in [-0.4, -0.2) is 4.57 Å². The Morgan fingerprint density at radius 1 is 0.359 bits per heavy atom. The lowest BCUT2D eigenvalue weighted by Gasteiger charge is -2.08. The Hall–Kier alpha value is -4.44. The molecule has 39 heavy (non-hydrogen) atoms. The van der Waals surface area contributed by atoms with Gasteiger partial charge in [0, 0.05) is 56.8 Å². The second-order valence-electron chi connectivity index (χ2n) is 10.2. The second-order valence-corrected chi connectivity index (χ2v) is 12.3. The highest BCUT2D eigenvalue weighted by molar-refractivity contribution is 7.26. The summed E-state index contributed by atoms with van der Waals surface area (Å²) in [6, 6.07) is 47.0.